The fourth-order valence-electron chi connectivity index (χ4n) is 1.92. The van der Waals surface area contributed by atoms with Crippen LogP contribution in [-0.4, -0.2) is 47.1 Å². The Hall–Kier alpha value is -0.920. The smallest absolute Gasteiger partial charge is 0.262 e. The Morgan fingerprint density at radius 1 is 1.32 bits per heavy atom. The standard InChI is InChI=1S/C12H23N3O3S/c1-4-6-14-10-12(13-11(14)3)19(17,18)15(7-5-2)8-9-16/h10,16H,4-9H2,1-3H3. The molecule has 0 unspecified atom stereocenters. The molecule has 0 aromatic carbocycles. The molecule has 0 radical (unpaired) electrons. The summed E-state index contributed by atoms with van der Waals surface area (Å²) in [5.74, 6) is 0.695. The van der Waals surface area contributed by atoms with Crippen LogP contribution in [0.15, 0.2) is 11.2 Å². The van der Waals surface area contributed by atoms with Gasteiger partial charge < -0.3 is 9.67 Å². The van der Waals surface area contributed by atoms with Gasteiger partial charge in [-0.05, 0) is 19.8 Å². The quantitative estimate of drug-likeness (QED) is 0.774. The summed E-state index contributed by atoms with van der Waals surface area (Å²) in [6.45, 7) is 6.79. The molecule has 0 aliphatic carbocycles. The zero-order chi connectivity index (χ0) is 14.5. The lowest BCUT2D eigenvalue weighted by molar-refractivity contribution is 0.253. The second-order valence-electron chi connectivity index (χ2n) is 4.45. The minimum Gasteiger partial charge on any atom is -0.395 e. The Morgan fingerprint density at radius 2 is 2.00 bits per heavy atom. The van der Waals surface area contributed by atoms with Crippen molar-refractivity contribution < 1.29 is 13.5 Å². The summed E-state index contributed by atoms with van der Waals surface area (Å²) in [4.78, 5) is 4.14. The largest absolute Gasteiger partial charge is 0.395 e. The van der Waals surface area contributed by atoms with Gasteiger partial charge in [0.25, 0.3) is 10.0 Å². The highest BCUT2D eigenvalue weighted by atomic mass is 32.2. The van der Waals surface area contributed by atoms with E-state index in [1.165, 1.54) is 4.31 Å². The average molecular weight is 289 g/mol. The minimum absolute atomic E-state index is 0.0698. The third-order valence-electron chi connectivity index (χ3n) is 2.85. The molecule has 0 atom stereocenters. The van der Waals surface area contributed by atoms with Crippen molar-refractivity contribution in [2.24, 2.45) is 0 Å². The van der Waals surface area contributed by atoms with E-state index in [0.717, 1.165) is 13.0 Å². The van der Waals surface area contributed by atoms with Crippen LogP contribution in [0.4, 0.5) is 0 Å². The molecular weight excluding hydrogens is 266 g/mol. The van der Waals surface area contributed by atoms with Crippen molar-refractivity contribution in [2.45, 2.75) is 45.2 Å². The molecule has 19 heavy (non-hydrogen) atoms. The number of sulfonamides is 1. The number of nitrogens with zero attached hydrogens (tertiary/aromatic N) is 3. The van der Waals surface area contributed by atoms with Crippen LogP contribution in [0.2, 0.25) is 0 Å². The number of rotatable bonds is 8. The monoisotopic (exact) mass is 289 g/mol. The van der Waals surface area contributed by atoms with Crippen LogP contribution < -0.4 is 0 Å². The molecule has 0 bridgehead atoms. The van der Waals surface area contributed by atoms with E-state index in [4.69, 9.17) is 5.11 Å². The van der Waals surface area contributed by atoms with Crippen LogP contribution in [0, 0.1) is 6.92 Å². The number of aryl methyl sites for hydroxylation is 2. The first-order chi connectivity index (χ1) is 8.97. The number of imidazole rings is 1. The van der Waals surface area contributed by atoms with Gasteiger partial charge in [0.2, 0.25) is 0 Å². The molecule has 1 rings (SSSR count). The molecule has 1 aromatic heterocycles. The van der Waals surface area contributed by atoms with Crippen molar-refractivity contribution in [1.82, 2.24) is 13.9 Å². The fourth-order valence-corrected chi connectivity index (χ4v) is 3.43. The number of aliphatic hydroxyl groups excluding tert-OH is 1. The molecule has 7 heteroatoms. The van der Waals surface area contributed by atoms with Crippen LogP contribution in [0.25, 0.3) is 0 Å². The molecule has 0 aliphatic heterocycles. The van der Waals surface area contributed by atoms with Gasteiger partial charge in [0.15, 0.2) is 5.03 Å². The SMILES string of the molecule is CCCN(CCO)S(=O)(=O)c1cn(CCC)c(C)n1. The van der Waals surface area contributed by atoms with Gasteiger partial charge in [0.05, 0.1) is 6.61 Å². The highest BCUT2D eigenvalue weighted by Crippen LogP contribution is 2.15. The summed E-state index contributed by atoms with van der Waals surface area (Å²) in [6, 6.07) is 0. The van der Waals surface area contributed by atoms with Gasteiger partial charge in [-0.15, -0.1) is 0 Å². The molecule has 1 N–H and O–H groups in total. The zero-order valence-electron chi connectivity index (χ0n) is 11.8. The van der Waals surface area contributed by atoms with Gasteiger partial charge in [-0.2, -0.15) is 4.31 Å². The Morgan fingerprint density at radius 3 is 2.53 bits per heavy atom. The second-order valence-corrected chi connectivity index (χ2v) is 6.33. The van der Waals surface area contributed by atoms with Gasteiger partial charge >= 0.3 is 0 Å². The molecule has 0 saturated heterocycles. The van der Waals surface area contributed by atoms with Crippen LogP contribution >= 0.6 is 0 Å². The van der Waals surface area contributed by atoms with Gasteiger partial charge in [-0.3, -0.25) is 0 Å². The van der Waals surface area contributed by atoms with Gasteiger partial charge in [-0.1, -0.05) is 13.8 Å². The molecule has 0 spiro atoms. The average Bonchev–Trinajstić information content (AvgIpc) is 2.72. The van der Waals surface area contributed by atoms with E-state index >= 15 is 0 Å². The van der Waals surface area contributed by atoms with E-state index in [9.17, 15) is 8.42 Å². The van der Waals surface area contributed by atoms with E-state index in [1.807, 2.05) is 18.4 Å². The minimum atomic E-state index is -3.60. The van der Waals surface area contributed by atoms with E-state index in [0.29, 0.717) is 18.8 Å². The molecule has 0 aliphatic rings. The summed E-state index contributed by atoms with van der Waals surface area (Å²) < 4.78 is 28.0. The molecule has 0 amide bonds. The number of aliphatic hydroxyl groups is 1. The predicted molar refractivity (Wildman–Crippen MR) is 73.4 cm³/mol. The van der Waals surface area contributed by atoms with Crippen molar-refractivity contribution in [3.05, 3.63) is 12.0 Å². The fraction of sp³-hybridized carbons (Fsp3) is 0.750. The lowest BCUT2D eigenvalue weighted by atomic mass is 10.5. The van der Waals surface area contributed by atoms with Crippen molar-refractivity contribution in [2.75, 3.05) is 19.7 Å². The van der Waals surface area contributed by atoms with Crippen LogP contribution in [0.5, 0.6) is 0 Å². The molecule has 1 aromatic rings. The highest BCUT2D eigenvalue weighted by molar-refractivity contribution is 7.89. The third-order valence-corrected chi connectivity index (χ3v) is 4.62. The molecule has 6 nitrogen and oxygen atoms in total. The molecule has 1 heterocycles. The normalized spacial score (nSPS) is 12.3. The van der Waals surface area contributed by atoms with Gasteiger partial charge in [0, 0.05) is 25.8 Å². The first-order valence-corrected chi connectivity index (χ1v) is 8.06. The predicted octanol–water partition coefficient (Wildman–Crippen LogP) is 0.995. The summed E-state index contributed by atoms with van der Waals surface area (Å²) >= 11 is 0. The Bertz CT molecular complexity index is 490. The van der Waals surface area contributed by atoms with E-state index in [-0.39, 0.29) is 18.2 Å². The van der Waals surface area contributed by atoms with E-state index < -0.39 is 10.0 Å². The Balaban J connectivity index is 3.06. The zero-order valence-corrected chi connectivity index (χ0v) is 12.7. The van der Waals surface area contributed by atoms with Crippen molar-refractivity contribution in [1.29, 1.82) is 0 Å². The maximum atomic E-state index is 12.4. The molecule has 110 valence electrons. The maximum absolute atomic E-state index is 12.4. The topological polar surface area (TPSA) is 75.4 Å². The number of hydrogen-bond donors (Lipinski definition) is 1. The lowest BCUT2D eigenvalue weighted by Crippen LogP contribution is -2.34. The molecular formula is C12H23N3O3S. The van der Waals surface area contributed by atoms with Gasteiger partial charge in [-0.25, -0.2) is 13.4 Å². The van der Waals surface area contributed by atoms with Crippen molar-refractivity contribution >= 4 is 10.0 Å². The van der Waals surface area contributed by atoms with Crippen LogP contribution in [-0.2, 0) is 16.6 Å². The van der Waals surface area contributed by atoms with E-state index in [1.54, 1.807) is 13.1 Å². The third kappa shape index (κ3) is 3.77. The van der Waals surface area contributed by atoms with Crippen molar-refractivity contribution in [3.8, 4) is 0 Å². The van der Waals surface area contributed by atoms with Crippen LogP contribution in [0.1, 0.15) is 32.5 Å². The summed E-state index contributed by atoms with van der Waals surface area (Å²) in [7, 11) is -3.60. The van der Waals surface area contributed by atoms with Gasteiger partial charge in [0.1, 0.15) is 5.82 Å². The van der Waals surface area contributed by atoms with Crippen molar-refractivity contribution in [3.63, 3.8) is 0 Å². The highest BCUT2D eigenvalue weighted by Gasteiger charge is 2.26. The van der Waals surface area contributed by atoms with E-state index in [2.05, 4.69) is 4.98 Å². The summed E-state index contributed by atoms with van der Waals surface area (Å²) in [5.41, 5.74) is 0. The second kappa shape index (κ2) is 7.02. The maximum Gasteiger partial charge on any atom is 0.262 e. The summed E-state index contributed by atoms with van der Waals surface area (Å²) in [6.07, 6.45) is 3.20. The Kier molecular flexibility index (Phi) is 5.96. The number of aromatic nitrogens is 2. The lowest BCUT2D eigenvalue weighted by Gasteiger charge is -2.18. The first kappa shape index (κ1) is 16.1. The first-order valence-electron chi connectivity index (χ1n) is 6.62. The van der Waals surface area contributed by atoms with Crippen LogP contribution in [0.3, 0.4) is 0 Å². The molecule has 0 saturated carbocycles. The molecule has 0 fully saturated rings. The summed E-state index contributed by atoms with van der Waals surface area (Å²) in [5, 5.41) is 9.06. The Labute approximate surface area is 115 Å². The number of hydrogen-bond acceptors (Lipinski definition) is 4.